The molecule has 0 amide bonds. The Morgan fingerprint density at radius 3 is 2.50 bits per heavy atom. The van der Waals surface area contributed by atoms with E-state index in [1.165, 1.54) is 18.5 Å². The van der Waals surface area contributed by atoms with Crippen molar-refractivity contribution < 1.29 is 17.9 Å². The molecule has 0 fully saturated rings. The number of ether oxygens (including phenoxy) is 1. The number of halogens is 3. The van der Waals surface area contributed by atoms with Gasteiger partial charge >= 0.3 is 6.18 Å². The van der Waals surface area contributed by atoms with Gasteiger partial charge in [-0.25, -0.2) is 15.0 Å². The smallest absolute Gasteiger partial charge is 0.416 e. The first kappa shape index (κ1) is 19.6. The maximum absolute atomic E-state index is 12.8. The number of alkyl halides is 3. The van der Waals surface area contributed by atoms with Crippen molar-refractivity contribution in [2.45, 2.75) is 13.1 Å². The van der Waals surface area contributed by atoms with E-state index in [1.54, 1.807) is 12.1 Å². The van der Waals surface area contributed by atoms with Crippen LogP contribution in [0.25, 0.3) is 22.2 Å². The second-order valence-corrected chi connectivity index (χ2v) is 6.47. The molecule has 0 aliphatic heterocycles. The third-order valence-electron chi connectivity index (χ3n) is 4.41. The summed E-state index contributed by atoms with van der Waals surface area (Å²) in [7, 11) is 0. The molecule has 152 valence electrons. The van der Waals surface area contributed by atoms with Crippen molar-refractivity contribution >= 4 is 16.7 Å². The van der Waals surface area contributed by atoms with E-state index in [0.29, 0.717) is 22.5 Å². The molecular formula is C22H17F3N4O. The van der Waals surface area contributed by atoms with E-state index in [0.717, 1.165) is 29.9 Å². The molecule has 5 nitrogen and oxygen atoms in total. The summed E-state index contributed by atoms with van der Waals surface area (Å²) < 4.78 is 44.3. The van der Waals surface area contributed by atoms with E-state index in [1.807, 2.05) is 31.2 Å². The number of fused-ring (bicyclic) bond motifs is 1. The standard InChI is InChI=1S/C22H17F3N4O/c1-2-26-19-11-8-15-4-3-5-18(21(15)29-19)30-20-12-17(27-13-28-20)14-6-9-16(10-7-14)22(23,24)25/h3-13H,2H2,1H3,(H,26,29). The third-order valence-corrected chi connectivity index (χ3v) is 4.41. The summed E-state index contributed by atoms with van der Waals surface area (Å²) in [6.07, 6.45) is -3.07. The highest BCUT2D eigenvalue weighted by Crippen LogP contribution is 2.32. The molecule has 0 aliphatic carbocycles. The summed E-state index contributed by atoms with van der Waals surface area (Å²) in [5, 5.41) is 4.07. The monoisotopic (exact) mass is 410 g/mol. The molecule has 4 rings (SSSR count). The first-order valence-electron chi connectivity index (χ1n) is 9.25. The van der Waals surface area contributed by atoms with E-state index < -0.39 is 11.7 Å². The molecule has 0 radical (unpaired) electrons. The average molecular weight is 410 g/mol. The molecule has 30 heavy (non-hydrogen) atoms. The number of hydrogen-bond donors (Lipinski definition) is 1. The van der Waals surface area contributed by atoms with Crippen LogP contribution in [0.5, 0.6) is 11.6 Å². The van der Waals surface area contributed by atoms with Gasteiger partial charge in [0.25, 0.3) is 0 Å². The SMILES string of the molecule is CCNc1ccc2cccc(Oc3cc(-c4ccc(C(F)(F)F)cc4)ncn3)c2n1. The third kappa shape index (κ3) is 4.17. The zero-order valence-corrected chi connectivity index (χ0v) is 15.9. The fraction of sp³-hybridized carbons (Fsp3) is 0.136. The number of benzene rings is 2. The maximum Gasteiger partial charge on any atom is 0.416 e. The molecule has 0 bridgehead atoms. The van der Waals surface area contributed by atoms with E-state index in [-0.39, 0.29) is 5.88 Å². The van der Waals surface area contributed by atoms with Crippen LogP contribution in [-0.4, -0.2) is 21.5 Å². The van der Waals surface area contributed by atoms with Gasteiger partial charge in [-0.3, -0.25) is 0 Å². The van der Waals surface area contributed by atoms with Crippen LogP contribution in [0.3, 0.4) is 0 Å². The second-order valence-electron chi connectivity index (χ2n) is 6.47. The van der Waals surface area contributed by atoms with Crippen LogP contribution >= 0.6 is 0 Å². The highest BCUT2D eigenvalue weighted by atomic mass is 19.4. The summed E-state index contributed by atoms with van der Waals surface area (Å²) in [4.78, 5) is 12.9. The van der Waals surface area contributed by atoms with E-state index >= 15 is 0 Å². The second kappa shape index (κ2) is 7.98. The van der Waals surface area contributed by atoms with Gasteiger partial charge in [0.05, 0.1) is 11.3 Å². The zero-order valence-electron chi connectivity index (χ0n) is 15.9. The minimum absolute atomic E-state index is 0.267. The maximum atomic E-state index is 12.8. The normalized spacial score (nSPS) is 11.5. The molecule has 2 heterocycles. The Hall–Kier alpha value is -3.68. The Labute approximate surface area is 170 Å². The fourth-order valence-electron chi connectivity index (χ4n) is 2.98. The van der Waals surface area contributed by atoms with Gasteiger partial charge in [-0.05, 0) is 37.3 Å². The molecule has 2 aromatic carbocycles. The first-order chi connectivity index (χ1) is 14.4. The molecule has 0 saturated heterocycles. The number of para-hydroxylation sites is 1. The molecular weight excluding hydrogens is 393 g/mol. The topological polar surface area (TPSA) is 59.9 Å². The summed E-state index contributed by atoms with van der Waals surface area (Å²) in [5.74, 6) is 1.52. The lowest BCUT2D eigenvalue weighted by Crippen LogP contribution is -2.04. The molecule has 0 aliphatic rings. The lowest BCUT2D eigenvalue weighted by Gasteiger charge is -2.10. The summed E-state index contributed by atoms with van der Waals surface area (Å²) in [6, 6.07) is 15.8. The highest BCUT2D eigenvalue weighted by Gasteiger charge is 2.30. The van der Waals surface area contributed by atoms with Crippen LogP contribution in [0, 0.1) is 0 Å². The van der Waals surface area contributed by atoms with Crippen LogP contribution < -0.4 is 10.1 Å². The fourth-order valence-corrected chi connectivity index (χ4v) is 2.98. The van der Waals surface area contributed by atoms with Crippen molar-refractivity contribution in [3.8, 4) is 22.9 Å². The van der Waals surface area contributed by atoms with Crippen molar-refractivity contribution in [3.63, 3.8) is 0 Å². The molecule has 4 aromatic rings. The summed E-state index contributed by atoms with van der Waals surface area (Å²) in [5.41, 5.74) is 0.941. The van der Waals surface area contributed by atoms with Crippen molar-refractivity contribution in [1.29, 1.82) is 0 Å². The van der Waals surface area contributed by atoms with Crippen LogP contribution in [0.15, 0.2) is 67.0 Å². The van der Waals surface area contributed by atoms with Gasteiger partial charge in [0.2, 0.25) is 5.88 Å². The Kier molecular flexibility index (Phi) is 5.22. The van der Waals surface area contributed by atoms with Crippen LogP contribution in [0.2, 0.25) is 0 Å². The van der Waals surface area contributed by atoms with Crippen molar-refractivity contribution in [1.82, 2.24) is 15.0 Å². The van der Waals surface area contributed by atoms with Crippen molar-refractivity contribution in [2.24, 2.45) is 0 Å². The Bertz CT molecular complexity index is 1180. The molecule has 0 spiro atoms. The van der Waals surface area contributed by atoms with Gasteiger partial charge in [0, 0.05) is 23.6 Å². The minimum atomic E-state index is -4.38. The molecule has 0 atom stereocenters. The van der Waals surface area contributed by atoms with Crippen LogP contribution in [0.4, 0.5) is 19.0 Å². The van der Waals surface area contributed by atoms with Gasteiger partial charge in [-0.2, -0.15) is 13.2 Å². The zero-order chi connectivity index (χ0) is 21.1. The van der Waals surface area contributed by atoms with E-state index in [4.69, 9.17) is 4.74 Å². The van der Waals surface area contributed by atoms with Crippen LogP contribution in [0.1, 0.15) is 12.5 Å². The number of aromatic nitrogens is 3. The Morgan fingerprint density at radius 2 is 1.77 bits per heavy atom. The average Bonchev–Trinajstić information content (AvgIpc) is 2.74. The first-order valence-corrected chi connectivity index (χ1v) is 9.25. The minimum Gasteiger partial charge on any atom is -0.437 e. The lowest BCUT2D eigenvalue weighted by molar-refractivity contribution is -0.137. The predicted molar refractivity (Wildman–Crippen MR) is 108 cm³/mol. The van der Waals surface area contributed by atoms with Gasteiger partial charge in [0.1, 0.15) is 17.7 Å². The number of anilines is 1. The van der Waals surface area contributed by atoms with Gasteiger partial charge in [-0.1, -0.05) is 24.3 Å². The molecule has 2 aromatic heterocycles. The van der Waals surface area contributed by atoms with Crippen molar-refractivity contribution in [3.05, 3.63) is 72.6 Å². The van der Waals surface area contributed by atoms with E-state index in [2.05, 4.69) is 20.3 Å². The number of pyridine rings is 1. The Balaban J connectivity index is 1.64. The van der Waals surface area contributed by atoms with E-state index in [9.17, 15) is 13.2 Å². The van der Waals surface area contributed by atoms with Gasteiger partial charge < -0.3 is 10.1 Å². The Morgan fingerprint density at radius 1 is 0.967 bits per heavy atom. The quantitative estimate of drug-likeness (QED) is 0.442. The lowest BCUT2D eigenvalue weighted by atomic mass is 10.1. The van der Waals surface area contributed by atoms with Crippen LogP contribution in [-0.2, 0) is 6.18 Å². The predicted octanol–water partition coefficient (Wildman–Crippen LogP) is 5.93. The largest absolute Gasteiger partial charge is 0.437 e. The summed E-state index contributed by atoms with van der Waals surface area (Å²) in [6.45, 7) is 2.72. The number of nitrogens with zero attached hydrogens (tertiary/aromatic N) is 3. The van der Waals surface area contributed by atoms with Crippen molar-refractivity contribution in [2.75, 3.05) is 11.9 Å². The highest BCUT2D eigenvalue weighted by molar-refractivity contribution is 5.86. The number of rotatable bonds is 5. The summed E-state index contributed by atoms with van der Waals surface area (Å²) >= 11 is 0. The number of nitrogens with one attached hydrogen (secondary N) is 1. The number of hydrogen-bond acceptors (Lipinski definition) is 5. The van der Waals surface area contributed by atoms with Gasteiger partial charge in [0.15, 0.2) is 5.75 Å². The molecule has 0 saturated carbocycles. The molecule has 1 N–H and O–H groups in total. The molecule has 0 unspecified atom stereocenters. The molecule has 8 heteroatoms. The van der Waals surface area contributed by atoms with Gasteiger partial charge in [-0.15, -0.1) is 0 Å².